The maximum absolute atomic E-state index is 12.1. The van der Waals surface area contributed by atoms with E-state index in [1.54, 1.807) is 4.31 Å². The molecule has 1 saturated heterocycles. The van der Waals surface area contributed by atoms with E-state index in [1.165, 1.54) is 19.3 Å². The van der Waals surface area contributed by atoms with Crippen molar-refractivity contribution in [2.75, 3.05) is 31.9 Å². The molecular weight excluding hydrogens is 236 g/mol. The molecule has 0 spiro atoms. The van der Waals surface area contributed by atoms with E-state index in [-0.39, 0.29) is 5.75 Å². The summed E-state index contributed by atoms with van der Waals surface area (Å²) in [4.78, 5) is 0. The normalized spacial score (nSPS) is 29.7. The van der Waals surface area contributed by atoms with Crippen molar-refractivity contribution < 1.29 is 8.42 Å². The summed E-state index contributed by atoms with van der Waals surface area (Å²) in [6, 6.07) is 0. The maximum atomic E-state index is 12.1. The van der Waals surface area contributed by atoms with Crippen LogP contribution in [-0.2, 0) is 10.0 Å². The van der Waals surface area contributed by atoms with Crippen LogP contribution in [0, 0.1) is 11.8 Å². The standard InChI is InChI=1S/C12H24N2O2S/c1-2-6-13-7-8-17(15,16)14-9-11-4-3-5-12(11)10-14/h11-13H,2-10H2,1H3. The van der Waals surface area contributed by atoms with Gasteiger partial charge in [-0.2, -0.15) is 0 Å². The van der Waals surface area contributed by atoms with E-state index < -0.39 is 10.0 Å². The van der Waals surface area contributed by atoms with Crippen LogP contribution in [0.5, 0.6) is 0 Å². The summed E-state index contributed by atoms with van der Waals surface area (Å²) < 4.78 is 26.0. The molecule has 1 N–H and O–H groups in total. The Morgan fingerprint density at radius 2 is 1.82 bits per heavy atom. The minimum Gasteiger partial charge on any atom is -0.316 e. The third-order valence-corrected chi connectivity index (χ3v) is 5.85. The number of sulfonamides is 1. The number of rotatable bonds is 6. The molecule has 2 aliphatic rings. The fraction of sp³-hybridized carbons (Fsp3) is 1.00. The van der Waals surface area contributed by atoms with Crippen molar-refractivity contribution in [2.45, 2.75) is 32.6 Å². The van der Waals surface area contributed by atoms with Gasteiger partial charge in [-0.25, -0.2) is 12.7 Å². The smallest absolute Gasteiger partial charge is 0.215 e. The zero-order valence-corrected chi connectivity index (χ0v) is 11.5. The first-order valence-electron chi connectivity index (χ1n) is 6.82. The SMILES string of the molecule is CCCNCCS(=O)(=O)N1CC2CCCC2C1. The molecule has 2 rings (SSSR count). The lowest BCUT2D eigenvalue weighted by atomic mass is 10.0. The summed E-state index contributed by atoms with van der Waals surface area (Å²) in [5.41, 5.74) is 0. The first-order chi connectivity index (χ1) is 8.13. The van der Waals surface area contributed by atoms with Gasteiger partial charge in [-0.15, -0.1) is 0 Å². The molecule has 5 heteroatoms. The first-order valence-corrected chi connectivity index (χ1v) is 8.43. The fourth-order valence-electron chi connectivity index (χ4n) is 3.05. The second-order valence-electron chi connectivity index (χ2n) is 5.33. The molecule has 2 unspecified atom stereocenters. The van der Waals surface area contributed by atoms with Crippen molar-refractivity contribution >= 4 is 10.0 Å². The molecule has 4 nitrogen and oxygen atoms in total. The largest absolute Gasteiger partial charge is 0.316 e. The third kappa shape index (κ3) is 3.20. The van der Waals surface area contributed by atoms with E-state index in [1.807, 2.05) is 0 Å². The van der Waals surface area contributed by atoms with Crippen LogP contribution >= 0.6 is 0 Å². The van der Waals surface area contributed by atoms with Gasteiger partial charge >= 0.3 is 0 Å². The molecule has 2 atom stereocenters. The van der Waals surface area contributed by atoms with Crippen molar-refractivity contribution in [3.63, 3.8) is 0 Å². The van der Waals surface area contributed by atoms with Crippen molar-refractivity contribution in [2.24, 2.45) is 11.8 Å². The number of fused-ring (bicyclic) bond motifs is 1. The highest BCUT2D eigenvalue weighted by Crippen LogP contribution is 2.38. The van der Waals surface area contributed by atoms with E-state index in [0.29, 0.717) is 18.4 Å². The molecule has 0 amide bonds. The summed E-state index contributed by atoms with van der Waals surface area (Å²) in [5, 5.41) is 3.16. The van der Waals surface area contributed by atoms with E-state index in [4.69, 9.17) is 0 Å². The second-order valence-corrected chi connectivity index (χ2v) is 7.42. The van der Waals surface area contributed by atoms with Gasteiger partial charge in [0, 0.05) is 19.6 Å². The van der Waals surface area contributed by atoms with Gasteiger partial charge in [-0.1, -0.05) is 13.3 Å². The van der Waals surface area contributed by atoms with Crippen LogP contribution in [-0.4, -0.2) is 44.7 Å². The molecule has 1 aliphatic heterocycles. The predicted molar refractivity (Wildman–Crippen MR) is 69.4 cm³/mol. The lowest BCUT2D eigenvalue weighted by Gasteiger charge is -2.17. The van der Waals surface area contributed by atoms with Crippen molar-refractivity contribution in [3.05, 3.63) is 0 Å². The van der Waals surface area contributed by atoms with Gasteiger partial charge < -0.3 is 5.32 Å². The van der Waals surface area contributed by atoms with Gasteiger partial charge in [-0.05, 0) is 37.6 Å². The van der Waals surface area contributed by atoms with Crippen molar-refractivity contribution in [1.29, 1.82) is 0 Å². The molecule has 100 valence electrons. The quantitative estimate of drug-likeness (QED) is 0.726. The van der Waals surface area contributed by atoms with Crippen LogP contribution < -0.4 is 5.32 Å². The van der Waals surface area contributed by atoms with Gasteiger partial charge in [0.25, 0.3) is 0 Å². The Morgan fingerprint density at radius 3 is 2.41 bits per heavy atom. The Balaban J connectivity index is 1.80. The summed E-state index contributed by atoms with van der Waals surface area (Å²) in [6.07, 6.45) is 4.80. The highest BCUT2D eigenvalue weighted by molar-refractivity contribution is 7.89. The van der Waals surface area contributed by atoms with Gasteiger partial charge in [-0.3, -0.25) is 0 Å². The van der Waals surface area contributed by atoms with Gasteiger partial charge in [0.2, 0.25) is 10.0 Å². The van der Waals surface area contributed by atoms with Gasteiger partial charge in [0.05, 0.1) is 5.75 Å². The Bertz CT molecular complexity index is 330. The summed E-state index contributed by atoms with van der Waals surface area (Å²) in [7, 11) is -3.01. The minimum atomic E-state index is -3.01. The number of nitrogens with zero attached hydrogens (tertiary/aromatic N) is 1. The predicted octanol–water partition coefficient (Wildman–Crippen LogP) is 1.05. The van der Waals surface area contributed by atoms with Crippen LogP contribution in [0.25, 0.3) is 0 Å². The summed E-state index contributed by atoms with van der Waals surface area (Å²) in [5.74, 6) is 1.55. The molecular formula is C12H24N2O2S. The Hall–Kier alpha value is -0.130. The highest BCUT2D eigenvalue weighted by atomic mass is 32.2. The Kier molecular flexibility index (Phi) is 4.44. The maximum Gasteiger partial charge on any atom is 0.215 e. The molecule has 1 saturated carbocycles. The number of hydrogen-bond acceptors (Lipinski definition) is 3. The lowest BCUT2D eigenvalue weighted by molar-refractivity contribution is 0.444. The zero-order valence-electron chi connectivity index (χ0n) is 10.7. The van der Waals surface area contributed by atoms with Crippen LogP contribution in [0.3, 0.4) is 0 Å². The summed E-state index contributed by atoms with van der Waals surface area (Å²) >= 11 is 0. The molecule has 0 bridgehead atoms. The zero-order chi connectivity index (χ0) is 12.3. The summed E-state index contributed by atoms with van der Waals surface area (Å²) in [6.45, 7) is 5.13. The average molecular weight is 260 g/mol. The second kappa shape index (κ2) is 5.67. The van der Waals surface area contributed by atoms with Crippen LogP contribution in [0.4, 0.5) is 0 Å². The van der Waals surface area contributed by atoms with Crippen LogP contribution in [0.2, 0.25) is 0 Å². The third-order valence-electron chi connectivity index (χ3n) is 4.05. The van der Waals surface area contributed by atoms with Gasteiger partial charge in [0.1, 0.15) is 0 Å². The highest BCUT2D eigenvalue weighted by Gasteiger charge is 2.40. The molecule has 17 heavy (non-hydrogen) atoms. The number of nitrogens with one attached hydrogen (secondary N) is 1. The molecule has 0 aromatic rings. The van der Waals surface area contributed by atoms with E-state index in [2.05, 4.69) is 12.2 Å². The van der Waals surface area contributed by atoms with E-state index in [0.717, 1.165) is 26.1 Å². The van der Waals surface area contributed by atoms with E-state index >= 15 is 0 Å². The molecule has 2 fully saturated rings. The lowest BCUT2D eigenvalue weighted by Crippen LogP contribution is -2.35. The van der Waals surface area contributed by atoms with E-state index in [9.17, 15) is 8.42 Å². The monoisotopic (exact) mass is 260 g/mol. The van der Waals surface area contributed by atoms with Crippen molar-refractivity contribution in [1.82, 2.24) is 9.62 Å². The average Bonchev–Trinajstić information content (AvgIpc) is 2.84. The molecule has 1 aliphatic carbocycles. The molecule has 0 radical (unpaired) electrons. The van der Waals surface area contributed by atoms with Crippen LogP contribution in [0.15, 0.2) is 0 Å². The first kappa shape index (κ1) is 13.3. The Labute approximate surface area is 105 Å². The molecule has 0 aromatic heterocycles. The fourth-order valence-corrected chi connectivity index (χ4v) is 4.55. The Morgan fingerprint density at radius 1 is 1.18 bits per heavy atom. The number of hydrogen-bond donors (Lipinski definition) is 1. The topological polar surface area (TPSA) is 49.4 Å². The van der Waals surface area contributed by atoms with Crippen LogP contribution in [0.1, 0.15) is 32.6 Å². The van der Waals surface area contributed by atoms with Crippen molar-refractivity contribution in [3.8, 4) is 0 Å². The molecule has 0 aromatic carbocycles. The van der Waals surface area contributed by atoms with Gasteiger partial charge in [0.15, 0.2) is 0 Å². The molecule has 1 heterocycles. The minimum absolute atomic E-state index is 0.256.